The number of nitrogens with two attached hydrogens (primary N) is 1. The van der Waals surface area contributed by atoms with Crippen molar-refractivity contribution in [3.63, 3.8) is 0 Å². The Hall–Kier alpha value is -1.59. The van der Waals surface area contributed by atoms with Crippen LogP contribution in [-0.4, -0.2) is 31.2 Å². The van der Waals surface area contributed by atoms with Crippen molar-refractivity contribution in [2.24, 2.45) is 11.1 Å². The maximum absolute atomic E-state index is 12.2. The summed E-state index contributed by atoms with van der Waals surface area (Å²) >= 11 is 0. The molecule has 1 aromatic rings. The van der Waals surface area contributed by atoms with Crippen molar-refractivity contribution in [2.75, 3.05) is 20.2 Å². The van der Waals surface area contributed by atoms with E-state index in [4.69, 9.17) is 10.5 Å². The van der Waals surface area contributed by atoms with Gasteiger partial charge in [-0.05, 0) is 42.5 Å². The van der Waals surface area contributed by atoms with E-state index in [1.54, 1.807) is 13.2 Å². The van der Waals surface area contributed by atoms with Crippen molar-refractivity contribution < 1.29 is 14.6 Å². The summed E-state index contributed by atoms with van der Waals surface area (Å²) in [6.07, 6.45) is 5.29. The van der Waals surface area contributed by atoms with E-state index >= 15 is 0 Å². The van der Waals surface area contributed by atoms with Crippen LogP contribution in [0.4, 0.5) is 0 Å². The Morgan fingerprint density at radius 2 is 2.13 bits per heavy atom. The van der Waals surface area contributed by atoms with E-state index in [1.807, 2.05) is 18.2 Å². The first kappa shape index (κ1) is 17.8. The molecule has 0 radical (unpaired) electrons. The molecule has 5 heteroatoms. The highest BCUT2D eigenvalue weighted by Crippen LogP contribution is 2.38. The third-order valence-corrected chi connectivity index (χ3v) is 4.85. The third kappa shape index (κ3) is 4.94. The summed E-state index contributed by atoms with van der Waals surface area (Å²) in [7, 11) is 1.59. The average molecular weight is 320 g/mol. The largest absolute Gasteiger partial charge is 0.497 e. The minimum atomic E-state index is -0.741. The highest BCUT2D eigenvalue weighted by atomic mass is 16.5. The van der Waals surface area contributed by atoms with Crippen LogP contribution in [0.3, 0.4) is 0 Å². The molecule has 0 aromatic heterocycles. The van der Waals surface area contributed by atoms with Crippen molar-refractivity contribution >= 4 is 5.91 Å². The Balaban J connectivity index is 1.85. The molecule has 5 nitrogen and oxygen atoms in total. The smallest absolute Gasteiger partial charge is 0.220 e. The molecule has 1 unspecified atom stereocenters. The van der Waals surface area contributed by atoms with Crippen LogP contribution in [0.1, 0.15) is 50.2 Å². The minimum Gasteiger partial charge on any atom is -0.497 e. The summed E-state index contributed by atoms with van der Waals surface area (Å²) in [6.45, 7) is 0.755. The molecule has 0 bridgehead atoms. The van der Waals surface area contributed by atoms with Crippen LogP contribution in [-0.2, 0) is 4.79 Å². The lowest BCUT2D eigenvalue weighted by Gasteiger charge is -2.35. The molecule has 0 spiro atoms. The van der Waals surface area contributed by atoms with Crippen LogP contribution in [0.25, 0.3) is 0 Å². The topological polar surface area (TPSA) is 84.6 Å². The lowest BCUT2D eigenvalue weighted by Crippen LogP contribution is -2.39. The highest BCUT2D eigenvalue weighted by Gasteiger charge is 2.32. The molecule has 1 aromatic carbocycles. The minimum absolute atomic E-state index is 0.0284. The number of carbonyl (C=O) groups excluding carboxylic acids is 1. The zero-order chi connectivity index (χ0) is 16.7. The van der Waals surface area contributed by atoms with Gasteiger partial charge in [-0.2, -0.15) is 0 Å². The molecule has 0 aliphatic heterocycles. The number of rotatable bonds is 7. The number of hydrogen-bond acceptors (Lipinski definition) is 4. The van der Waals surface area contributed by atoms with Crippen molar-refractivity contribution in [2.45, 2.75) is 44.6 Å². The van der Waals surface area contributed by atoms with Gasteiger partial charge in [-0.1, -0.05) is 31.4 Å². The number of carbonyl (C=O) groups is 1. The van der Waals surface area contributed by atoms with Crippen LogP contribution < -0.4 is 15.8 Å². The fraction of sp³-hybridized carbons (Fsp3) is 0.611. The van der Waals surface area contributed by atoms with Gasteiger partial charge in [0.15, 0.2) is 0 Å². The molecule has 4 N–H and O–H groups in total. The number of methoxy groups -OCH3 is 1. The SMILES string of the molecule is COc1cccc(C(O)CNC(=O)CC2(CN)CCCCC2)c1. The van der Waals surface area contributed by atoms with Crippen LogP contribution in [0.5, 0.6) is 5.75 Å². The molecule has 1 saturated carbocycles. The molecular weight excluding hydrogens is 292 g/mol. The molecule has 1 atom stereocenters. The zero-order valence-corrected chi connectivity index (χ0v) is 13.9. The molecule has 1 aliphatic carbocycles. The molecule has 0 heterocycles. The van der Waals surface area contributed by atoms with Gasteiger partial charge in [-0.3, -0.25) is 4.79 Å². The van der Waals surface area contributed by atoms with Crippen molar-refractivity contribution in [3.05, 3.63) is 29.8 Å². The van der Waals surface area contributed by atoms with E-state index in [2.05, 4.69) is 5.32 Å². The van der Waals surface area contributed by atoms with Crippen molar-refractivity contribution in [1.82, 2.24) is 5.32 Å². The second-order valence-electron chi connectivity index (χ2n) is 6.54. The molecule has 1 fully saturated rings. The first-order chi connectivity index (χ1) is 11.1. The van der Waals surface area contributed by atoms with Gasteiger partial charge in [0.25, 0.3) is 0 Å². The van der Waals surface area contributed by atoms with Crippen LogP contribution >= 0.6 is 0 Å². The Labute approximate surface area is 138 Å². The summed E-state index contributed by atoms with van der Waals surface area (Å²) in [5.74, 6) is 0.663. The summed E-state index contributed by atoms with van der Waals surface area (Å²) in [6, 6.07) is 7.24. The highest BCUT2D eigenvalue weighted by molar-refractivity contribution is 5.76. The second kappa shape index (κ2) is 8.31. The molecular formula is C18H28N2O3. The summed E-state index contributed by atoms with van der Waals surface area (Å²) in [4.78, 5) is 12.2. The Bertz CT molecular complexity index is 513. The van der Waals surface area contributed by atoms with Crippen molar-refractivity contribution in [1.29, 1.82) is 0 Å². The Kier molecular flexibility index (Phi) is 6.42. The summed E-state index contributed by atoms with van der Waals surface area (Å²) in [5, 5.41) is 13.1. The maximum atomic E-state index is 12.2. The monoisotopic (exact) mass is 320 g/mol. The van der Waals surface area contributed by atoms with E-state index in [1.165, 1.54) is 6.42 Å². The lowest BCUT2D eigenvalue weighted by molar-refractivity contribution is -0.124. The normalized spacial score (nSPS) is 18.2. The number of aliphatic hydroxyl groups is 1. The van der Waals surface area contributed by atoms with Crippen LogP contribution in [0.2, 0.25) is 0 Å². The fourth-order valence-electron chi connectivity index (χ4n) is 3.34. The van der Waals surface area contributed by atoms with Gasteiger partial charge < -0.3 is 20.9 Å². The van der Waals surface area contributed by atoms with E-state index in [0.717, 1.165) is 31.2 Å². The van der Waals surface area contributed by atoms with E-state index in [-0.39, 0.29) is 17.9 Å². The molecule has 2 rings (SSSR count). The average Bonchev–Trinajstić information content (AvgIpc) is 2.60. The molecule has 23 heavy (non-hydrogen) atoms. The number of aliphatic hydroxyl groups excluding tert-OH is 1. The van der Waals surface area contributed by atoms with Gasteiger partial charge in [0.2, 0.25) is 5.91 Å². The van der Waals surface area contributed by atoms with Crippen LogP contribution in [0.15, 0.2) is 24.3 Å². The number of ether oxygens (including phenoxy) is 1. The predicted octanol–water partition coefficient (Wildman–Crippen LogP) is 2.14. The van der Waals surface area contributed by atoms with Gasteiger partial charge >= 0.3 is 0 Å². The Morgan fingerprint density at radius 1 is 1.39 bits per heavy atom. The standard InChI is InChI=1S/C18H28N2O3/c1-23-15-7-5-6-14(10-15)16(21)12-20-17(22)11-18(13-19)8-3-2-4-9-18/h5-7,10,16,21H,2-4,8-9,11-13,19H2,1H3,(H,20,22). The first-order valence-corrected chi connectivity index (χ1v) is 8.37. The van der Waals surface area contributed by atoms with E-state index in [9.17, 15) is 9.90 Å². The van der Waals surface area contributed by atoms with Crippen LogP contribution in [0, 0.1) is 5.41 Å². The van der Waals surface area contributed by atoms with Gasteiger partial charge in [0.1, 0.15) is 5.75 Å². The lowest BCUT2D eigenvalue weighted by atomic mass is 9.71. The number of nitrogens with one attached hydrogen (secondary N) is 1. The van der Waals surface area contributed by atoms with Gasteiger partial charge in [0.05, 0.1) is 13.2 Å². The van der Waals surface area contributed by atoms with Crippen molar-refractivity contribution in [3.8, 4) is 5.75 Å². The van der Waals surface area contributed by atoms with E-state index < -0.39 is 6.10 Å². The van der Waals surface area contributed by atoms with E-state index in [0.29, 0.717) is 18.7 Å². The fourth-order valence-corrected chi connectivity index (χ4v) is 3.34. The first-order valence-electron chi connectivity index (χ1n) is 8.37. The van der Waals surface area contributed by atoms with Gasteiger partial charge in [0, 0.05) is 13.0 Å². The maximum Gasteiger partial charge on any atom is 0.220 e. The molecule has 0 saturated heterocycles. The summed E-state index contributed by atoms with van der Waals surface area (Å²) in [5.41, 5.74) is 6.60. The van der Waals surface area contributed by atoms with Gasteiger partial charge in [-0.25, -0.2) is 0 Å². The molecule has 1 amide bonds. The molecule has 1 aliphatic rings. The van der Waals surface area contributed by atoms with Gasteiger partial charge in [-0.15, -0.1) is 0 Å². The number of amides is 1. The Morgan fingerprint density at radius 3 is 2.78 bits per heavy atom. The number of hydrogen-bond donors (Lipinski definition) is 3. The molecule has 128 valence electrons. The predicted molar refractivity (Wildman–Crippen MR) is 90.2 cm³/mol. The zero-order valence-electron chi connectivity index (χ0n) is 13.9. The third-order valence-electron chi connectivity index (χ3n) is 4.85. The number of benzene rings is 1. The summed E-state index contributed by atoms with van der Waals surface area (Å²) < 4.78 is 5.15. The second-order valence-corrected chi connectivity index (χ2v) is 6.54. The quantitative estimate of drug-likeness (QED) is 0.718.